The first kappa shape index (κ1) is 60.9. The molecule has 64 heavy (non-hydrogen) atoms. The second-order valence-electron chi connectivity index (χ2n) is 17.5. The Kier molecular flexibility index (Phi) is 42.9. The van der Waals surface area contributed by atoms with Crippen molar-refractivity contribution in [3.05, 3.63) is 122 Å². The Morgan fingerprint density at radius 2 is 0.938 bits per heavy atom. The summed E-state index contributed by atoms with van der Waals surface area (Å²) in [4.78, 5) is 23.1. The molecular weight excluding hydrogens is 816 g/mol. The van der Waals surface area contributed by atoms with Crippen LogP contribution in [-0.4, -0.2) is 73.4 Å². The molecule has 0 aliphatic carbocycles. The van der Waals surface area contributed by atoms with Gasteiger partial charge in [-0.3, -0.25) is 13.8 Å². The largest absolute Gasteiger partial charge is 0.472 e. The van der Waals surface area contributed by atoms with Crippen LogP contribution < -0.4 is 5.32 Å². The van der Waals surface area contributed by atoms with Crippen molar-refractivity contribution in [3.63, 3.8) is 0 Å². The van der Waals surface area contributed by atoms with E-state index in [0.717, 1.165) is 103 Å². The number of rotatable bonds is 43. The standard InChI is InChI=1S/C55H93N2O6P/c1-6-8-10-12-14-16-18-19-20-21-22-23-24-25-26-27-28-29-30-31-32-33-34-35-36-37-39-41-43-45-47-49-55(59)56-53(52-63-64(60,61)62-51-50-57(3,4)5)54(58)48-46-44-42-40-38-17-15-13-11-9-7-2/h8,10,14,16,19-20,22-23,25-26,28-29,31-32,34-35,37,39,46,48,53-54,58H,6-7,9,11-13,15,17-18,21,24,27,30,33,36,38,40-45,47,49-52H2,1-5H3,(H-,56,59,60,61)/p+1/b10-8-,16-14-,20-19-,23-22-,26-25-,29-28-,32-31-,35-34-,39-37-,48-46+. The van der Waals surface area contributed by atoms with Crippen molar-refractivity contribution in [2.24, 2.45) is 0 Å². The number of amides is 1. The van der Waals surface area contributed by atoms with Crippen molar-refractivity contribution in [1.82, 2.24) is 5.32 Å². The van der Waals surface area contributed by atoms with E-state index >= 15 is 0 Å². The Morgan fingerprint density at radius 3 is 1.38 bits per heavy atom. The van der Waals surface area contributed by atoms with E-state index in [-0.39, 0.29) is 19.1 Å². The molecule has 0 spiro atoms. The minimum atomic E-state index is -4.36. The number of allylic oxidation sites excluding steroid dienone is 19. The molecule has 0 aliphatic heterocycles. The highest BCUT2D eigenvalue weighted by Gasteiger charge is 2.27. The number of carbonyl (C=O) groups is 1. The first-order chi connectivity index (χ1) is 31.0. The molecule has 8 nitrogen and oxygen atoms in total. The predicted octanol–water partition coefficient (Wildman–Crippen LogP) is 14.6. The SMILES string of the molecule is CC/C=C\C/C=C\C/C=C\C/C=C\C/C=C\C/C=C\C/C=C\C/C=C\C/C=C\CCCCCC(=O)NC(COP(=O)(O)OCC[N+](C)(C)C)C(O)/C=C/CCCCCCCCCCC. The van der Waals surface area contributed by atoms with Gasteiger partial charge in [0.1, 0.15) is 13.2 Å². The lowest BCUT2D eigenvalue weighted by Crippen LogP contribution is -2.45. The molecule has 3 N–H and O–H groups in total. The lowest BCUT2D eigenvalue weighted by atomic mass is 10.1. The third-order valence-corrected chi connectivity index (χ3v) is 11.2. The van der Waals surface area contributed by atoms with Crippen LogP contribution in [0.5, 0.6) is 0 Å². The number of unbranched alkanes of at least 4 members (excludes halogenated alkanes) is 12. The van der Waals surface area contributed by atoms with Gasteiger partial charge in [-0.05, 0) is 89.9 Å². The molecule has 0 bridgehead atoms. The fourth-order valence-electron chi connectivity index (χ4n) is 6.27. The molecule has 0 heterocycles. The Labute approximate surface area is 393 Å². The van der Waals surface area contributed by atoms with Gasteiger partial charge < -0.3 is 19.8 Å². The number of nitrogens with one attached hydrogen (secondary N) is 1. The lowest BCUT2D eigenvalue weighted by Gasteiger charge is -2.25. The number of quaternary nitrogens is 1. The highest BCUT2D eigenvalue weighted by molar-refractivity contribution is 7.47. The predicted molar refractivity (Wildman–Crippen MR) is 276 cm³/mol. The maximum absolute atomic E-state index is 12.9. The number of hydrogen-bond acceptors (Lipinski definition) is 5. The van der Waals surface area contributed by atoms with Crippen LogP contribution in [0.1, 0.15) is 168 Å². The van der Waals surface area contributed by atoms with E-state index in [1.807, 2.05) is 27.2 Å². The number of aliphatic hydroxyl groups is 1. The summed E-state index contributed by atoms with van der Waals surface area (Å²) in [6.45, 7) is 4.63. The van der Waals surface area contributed by atoms with Gasteiger partial charge in [-0.15, -0.1) is 0 Å². The number of phosphoric acid groups is 1. The molecule has 0 saturated heterocycles. The average molecular weight is 910 g/mol. The number of hydrogen-bond donors (Lipinski definition) is 3. The molecule has 0 aromatic rings. The van der Waals surface area contributed by atoms with Crippen molar-refractivity contribution in [2.45, 2.75) is 180 Å². The summed E-state index contributed by atoms with van der Waals surface area (Å²) >= 11 is 0. The summed E-state index contributed by atoms with van der Waals surface area (Å²) in [6, 6.07) is -0.872. The quantitative estimate of drug-likeness (QED) is 0.0244. The van der Waals surface area contributed by atoms with E-state index in [4.69, 9.17) is 9.05 Å². The molecule has 0 radical (unpaired) electrons. The molecule has 0 fully saturated rings. The summed E-state index contributed by atoms with van der Waals surface area (Å²) in [5.74, 6) is -0.217. The van der Waals surface area contributed by atoms with Crippen molar-refractivity contribution < 1.29 is 32.9 Å². The molecule has 3 unspecified atom stereocenters. The van der Waals surface area contributed by atoms with E-state index < -0.39 is 20.0 Å². The summed E-state index contributed by atoms with van der Waals surface area (Å²) < 4.78 is 23.5. The van der Waals surface area contributed by atoms with Crippen molar-refractivity contribution in [2.75, 3.05) is 40.9 Å². The fraction of sp³-hybridized carbons (Fsp3) is 0.618. The monoisotopic (exact) mass is 910 g/mol. The average Bonchev–Trinajstić information content (AvgIpc) is 3.25. The van der Waals surface area contributed by atoms with Crippen LogP contribution in [0.15, 0.2) is 122 Å². The second-order valence-corrected chi connectivity index (χ2v) is 18.9. The molecule has 1 amide bonds. The Bertz CT molecular complexity index is 1450. The summed E-state index contributed by atoms with van der Waals surface area (Å²) in [7, 11) is 1.52. The van der Waals surface area contributed by atoms with Gasteiger partial charge >= 0.3 is 7.82 Å². The fourth-order valence-corrected chi connectivity index (χ4v) is 7.00. The number of aliphatic hydroxyl groups excluding tert-OH is 1. The van der Waals surface area contributed by atoms with Crippen LogP contribution in [0.2, 0.25) is 0 Å². The van der Waals surface area contributed by atoms with Crippen molar-refractivity contribution >= 4 is 13.7 Å². The third kappa shape index (κ3) is 46.9. The van der Waals surface area contributed by atoms with Gasteiger partial charge in [0.25, 0.3) is 0 Å². The van der Waals surface area contributed by atoms with E-state index in [0.29, 0.717) is 17.4 Å². The molecule has 0 aromatic heterocycles. The van der Waals surface area contributed by atoms with Crippen LogP contribution >= 0.6 is 7.82 Å². The minimum Gasteiger partial charge on any atom is -0.387 e. The number of nitrogens with zero attached hydrogens (tertiary/aromatic N) is 1. The first-order valence-electron chi connectivity index (χ1n) is 24.9. The molecule has 9 heteroatoms. The maximum Gasteiger partial charge on any atom is 0.472 e. The Balaban J connectivity index is 4.33. The molecule has 0 saturated carbocycles. The minimum absolute atomic E-state index is 0.0474. The molecule has 364 valence electrons. The van der Waals surface area contributed by atoms with Gasteiger partial charge in [-0.25, -0.2) is 4.57 Å². The van der Waals surface area contributed by atoms with Gasteiger partial charge in [0, 0.05) is 6.42 Å². The number of likely N-dealkylation sites (N-methyl/N-ethyl adjacent to an activating group) is 1. The first-order valence-corrected chi connectivity index (χ1v) is 26.4. The number of phosphoric ester groups is 1. The molecule has 0 rings (SSSR count). The van der Waals surface area contributed by atoms with Crippen LogP contribution in [-0.2, 0) is 18.4 Å². The Morgan fingerprint density at radius 1 is 0.547 bits per heavy atom. The zero-order chi connectivity index (χ0) is 47.1. The smallest absolute Gasteiger partial charge is 0.387 e. The zero-order valence-electron chi connectivity index (χ0n) is 41.2. The van der Waals surface area contributed by atoms with E-state index in [2.05, 4.69) is 129 Å². The van der Waals surface area contributed by atoms with Crippen LogP contribution in [0.4, 0.5) is 0 Å². The van der Waals surface area contributed by atoms with E-state index in [1.54, 1.807) is 6.08 Å². The van der Waals surface area contributed by atoms with Crippen molar-refractivity contribution in [3.8, 4) is 0 Å². The number of carbonyl (C=O) groups excluding carboxylic acids is 1. The third-order valence-electron chi connectivity index (χ3n) is 10.2. The van der Waals surface area contributed by atoms with Gasteiger partial charge in [0.2, 0.25) is 5.91 Å². The molecule has 3 atom stereocenters. The van der Waals surface area contributed by atoms with E-state index in [1.165, 1.54) is 44.9 Å². The lowest BCUT2D eigenvalue weighted by molar-refractivity contribution is -0.870. The Hall–Kier alpha value is -3.10. The van der Waals surface area contributed by atoms with Gasteiger partial charge in [0.05, 0.1) is 39.9 Å². The van der Waals surface area contributed by atoms with Gasteiger partial charge in [-0.1, -0.05) is 193 Å². The summed E-state index contributed by atoms with van der Waals surface area (Å²) in [5, 5.41) is 13.8. The van der Waals surface area contributed by atoms with Gasteiger partial charge in [-0.2, -0.15) is 0 Å². The maximum atomic E-state index is 12.9. The van der Waals surface area contributed by atoms with Crippen LogP contribution in [0, 0.1) is 0 Å². The van der Waals surface area contributed by atoms with Crippen LogP contribution in [0.3, 0.4) is 0 Å². The highest BCUT2D eigenvalue weighted by atomic mass is 31.2. The van der Waals surface area contributed by atoms with Gasteiger partial charge in [0.15, 0.2) is 0 Å². The topological polar surface area (TPSA) is 105 Å². The molecule has 0 aliphatic rings. The molecule has 0 aromatic carbocycles. The van der Waals surface area contributed by atoms with Crippen molar-refractivity contribution in [1.29, 1.82) is 0 Å². The zero-order valence-corrected chi connectivity index (χ0v) is 42.1. The molecular formula is C55H94N2O6P+. The van der Waals surface area contributed by atoms with Crippen LogP contribution in [0.25, 0.3) is 0 Å². The normalized spacial score (nSPS) is 15.2. The summed E-state index contributed by atoms with van der Waals surface area (Å²) in [5.41, 5.74) is 0. The summed E-state index contributed by atoms with van der Waals surface area (Å²) in [6.07, 6.45) is 67.1. The van der Waals surface area contributed by atoms with E-state index in [9.17, 15) is 19.4 Å². The highest BCUT2D eigenvalue weighted by Crippen LogP contribution is 2.43. The second kappa shape index (κ2) is 45.1.